The van der Waals surface area contributed by atoms with Crippen LogP contribution in [0.3, 0.4) is 0 Å². The summed E-state index contributed by atoms with van der Waals surface area (Å²) in [5, 5.41) is 5.88. The Morgan fingerprint density at radius 3 is 2.71 bits per heavy atom. The zero-order valence-corrected chi connectivity index (χ0v) is 11.6. The predicted octanol–water partition coefficient (Wildman–Crippen LogP) is 1.45. The average molecular weight is 255 g/mol. The second kappa shape index (κ2) is 7.40. The second-order valence-corrected chi connectivity index (χ2v) is 4.97. The molecule has 0 fully saturated rings. The highest BCUT2D eigenvalue weighted by molar-refractivity contribution is 7.09. The first-order chi connectivity index (χ1) is 8.15. The van der Waals surface area contributed by atoms with Gasteiger partial charge in [0.05, 0.1) is 17.1 Å². The third-order valence-electron chi connectivity index (χ3n) is 2.65. The van der Waals surface area contributed by atoms with Crippen LogP contribution in [0.25, 0.3) is 0 Å². The van der Waals surface area contributed by atoms with E-state index in [1.165, 1.54) is 0 Å². The molecule has 0 radical (unpaired) electrons. The number of thiazole rings is 1. The smallest absolute Gasteiger partial charge is 0.226 e. The Morgan fingerprint density at radius 2 is 2.18 bits per heavy atom. The summed E-state index contributed by atoms with van der Waals surface area (Å²) < 4.78 is 0. The van der Waals surface area contributed by atoms with Gasteiger partial charge in [0.15, 0.2) is 0 Å². The third kappa shape index (κ3) is 5.28. The minimum Gasteiger partial charge on any atom is -0.354 e. The zero-order valence-electron chi connectivity index (χ0n) is 10.8. The molecule has 4 nitrogen and oxygen atoms in total. The number of likely N-dealkylation sites (N-methyl/N-ethyl adjacent to an activating group) is 1. The van der Waals surface area contributed by atoms with Crippen LogP contribution in [0.4, 0.5) is 0 Å². The number of carbonyl (C=O) groups excluding carboxylic acids is 1. The Hall–Kier alpha value is -0.940. The highest BCUT2D eigenvalue weighted by atomic mass is 32.1. The molecule has 1 aromatic rings. The monoisotopic (exact) mass is 255 g/mol. The molecule has 1 rings (SSSR count). The summed E-state index contributed by atoms with van der Waals surface area (Å²) in [4.78, 5) is 18.2. The van der Waals surface area contributed by atoms with Gasteiger partial charge in [-0.3, -0.25) is 4.79 Å². The molecule has 0 atom stereocenters. The van der Waals surface area contributed by atoms with E-state index in [-0.39, 0.29) is 5.91 Å². The molecule has 0 aliphatic carbocycles. The van der Waals surface area contributed by atoms with Crippen LogP contribution in [0.5, 0.6) is 0 Å². The lowest BCUT2D eigenvalue weighted by Gasteiger charge is -2.17. The van der Waals surface area contributed by atoms with E-state index >= 15 is 0 Å². The van der Waals surface area contributed by atoms with Crippen LogP contribution in [0.15, 0.2) is 5.38 Å². The highest BCUT2D eigenvalue weighted by Gasteiger charge is 2.06. The fourth-order valence-electron chi connectivity index (χ4n) is 1.61. The molecule has 0 aliphatic heterocycles. The quantitative estimate of drug-likeness (QED) is 0.802. The SMILES string of the molecule is CCN(CC)CCNC(=O)Cc1csc(C)n1. The lowest BCUT2D eigenvalue weighted by molar-refractivity contribution is -0.120. The van der Waals surface area contributed by atoms with Crippen molar-refractivity contribution in [3.8, 4) is 0 Å². The van der Waals surface area contributed by atoms with E-state index in [1.54, 1.807) is 11.3 Å². The minimum atomic E-state index is 0.0578. The van der Waals surface area contributed by atoms with Gasteiger partial charge in [-0.05, 0) is 20.0 Å². The van der Waals surface area contributed by atoms with Crippen LogP contribution >= 0.6 is 11.3 Å². The lowest BCUT2D eigenvalue weighted by Crippen LogP contribution is -2.35. The van der Waals surface area contributed by atoms with Crippen molar-refractivity contribution in [2.24, 2.45) is 0 Å². The fourth-order valence-corrected chi connectivity index (χ4v) is 2.22. The summed E-state index contributed by atoms with van der Waals surface area (Å²) in [6, 6.07) is 0. The summed E-state index contributed by atoms with van der Waals surface area (Å²) in [5.74, 6) is 0.0578. The van der Waals surface area contributed by atoms with E-state index in [0.717, 1.165) is 30.3 Å². The standard InChI is InChI=1S/C12H21N3OS/c1-4-15(5-2)7-6-13-12(16)8-11-9-17-10(3)14-11/h9H,4-8H2,1-3H3,(H,13,16). The van der Waals surface area contributed by atoms with Gasteiger partial charge in [-0.15, -0.1) is 11.3 Å². The Bertz CT molecular complexity index is 347. The lowest BCUT2D eigenvalue weighted by atomic mass is 10.3. The summed E-state index contributed by atoms with van der Waals surface area (Å²) in [7, 11) is 0. The summed E-state index contributed by atoms with van der Waals surface area (Å²) in [6.07, 6.45) is 0.391. The van der Waals surface area contributed by atoms with Gasteiger partial charge in [-0.25, -0.2) is 4.98 Å². The first-order valence-corrected chi connectivity index (χ1v) is 6.93. The van der Waals surface area contributed by atoms with Crippen molar-refractivity contribution in [3.63, 3.8) is 0 Å². The van der Waals surface area contributed by atoms with Crippen LogP contribution in [0, 0.1) is 6.92 Å². The Labute approximate surface area is 107 Å². The van der Waals surface area contributed by atoms with Crippen molar-refractivity contribution < 1.29 is 4.79 Å². The Balaban J connectivity index is 2.21. The zero-order chi connectivity index (χ0) is 12.7. The van der Waals surface area contributed by atoms with Gasteiger partial charge in [-0.1, -0.05) is 13.8 Å². The molecule has 1 amide bonds. The van der Waals surface area contributed by atoms with E-state index in [2.05, 4.69) is 29.0 Å². The van der Waals surface area contributed by atoms with Gasteiger partial charge in [0.25, 0.3) is 0 Å². The first-order valence-electron chi connectivity index (χ1n) is 6.05. The molecule has 0 unspecified atom stereocenters. The third-order valence-corrected chi connectivity index (χ3v) is 3.48. The summed E-state index contributed by atoms with van der Waals surface area (Å²) in [5.41, 5.74) is 0.868. The molecule has 17 heavy (non-hydrogen) atoms. The first kappa shape index (κ1) is 14.1. The van der Waals surface area contributed by atoms with Gasteiger partial charge >= 0.3 is 0 Å². The predicted molar refractivity (Wildman–Crippen MR) is 71.4 cm³/mol. The van der Waals surface area contributed by atoms with Gasteiger partial charge in [0, 0.05) is 18.5 Å². The highest BCUT2D eigenvalue weighted by Crippen LogP contribution is 2.07. The van der Waals surface area contributed by atoms with E-state index < -0.39 is 0 Å². The van der Waals surface area contributed by atoms with E-state index in [0.29, 0.717) is 13.0 Å². The topological polar surface area (TPSA) is 45.2 Å². The van der Waals surface area contributed by atoms with Crippen molar-refractivity contribution in [2.45, 2.75) is 27.2 Å². The van der Waals surface area contributed by atoms with Crippen LogP contribution in [-0.2, 0) is 11.2 Å². The molecule has 96 valence electrons. The molecule has 0 saturated heterocycles. The van der Waals surface area contributed by atoms with Crippen LogP contribution in [-0.4, -0.2) is 42.0 Å². The average Bonchev–Trinajstić information content (AvgIpc) is 2.70. The normalized spacial score (nSPS) is 10.8. The maximum atomic E-state index is 11.6. The molecular weight excluding hydrogens is 234 g/mol. The van der Waals surface area contributed by atoms with Gasteiger partial charge in [0.1, 0.15) is 0 Å². The largest absolute Gasteiger partial charge is 0.354 e. The number of hydrogen-bond acceptors (Lipinski definition) is 4. The molecule has 0 aliphatic rings. The van der Waals surface area contributed by atoms with Crippen molar-refractivity contribution in [1.82, 2.24) is 15.2 Å². The van der Waals surface area contributed by atoms with Crippen molar-refractivity contribution in [2.75, 3.05) is 26.2 Å². The number of nitrogens with one attached hydrogen (secondary N) is 1. The maximum absolute atomic E-state index is 11.6. The van der Waals surface area contributed by atoms with Gasteiger partial charge in [-0.2, -0.15) is 0 Å². The van der Waals surface area contributed by atoms with Crippen molar-refractivity contribution in [1.29, 1.82) is 0 Å². The maximum Gasteiger partial charge on any atom is 0.226 e. The minimum absolute atomic E-state index is 0.0578. The van der Waals surface area contributed by atoms with Crippen molar-refractivity contribution >= 4 is 17.2 Å². The number of amides is 1. The molecule has 0 spiro atoms. The van der Waals surface area contributed by atoms with Crippen LogP contribution in [0.2, 0.25) is 0 Å². The molecule has 0 saturated carbocycles. The summed E-state index contributed by atoms with van der Waals surface area (Å²) in [6.45, 7) is 9.88. The van der Waals surface area contributed by atoms with Gasteiger partial charge in [0.2, 0.25) is 5.91 Å². The molecular formula is C12H21N3OS. The summed E-state index contributed by atoms with van der Waals surface area (Å²) >= 11 is 1.58. The molecule has 0 aromatic carbocycles. The van der Waals surface area contributed by atoms with E-state index in [4.69, 9.17) is 0 Å². The number of aromatic nitrogens is 1. The molecule has 1 aromatic heterocycles. The van der Waals surface area contributed by atoms with Gasteiger partial charge < -0.3 is 10.2 Å². The molecule has 5 heteroatoms. The molecule has 1 heterocycles. The second-order valence-electron chi connectivity index (χ2n) is 3.91. The molecule has 0 bridgehead atoms. The number of aryl methyl sites for hydroxylation is 1. The number of hydrogen-bond donors (Lipinski definition) is 1. The Morgan fingerprint density at radius 1 is 1.47 bits per heavy atom. The number of carbonyl (C=O) groups is 1. The van der Waals surface area contributed by atoms with E-state index in [9.17, 15) is 4.79 Å². The number of nitrogens with zero attached hydrogens (tertiary/aromatic N) is 2. The Kier molecular flexibility index (Phi) is 6.15. The van der Waals surface area contributed by atoms with E-state index in [1.807, 2.05) is 12.3 Å². The fraction of sp³-hybridized carbons (Fsp3) is 0.667. The van der Waals surface area contributed by atoms with Crippen LogP contribution in [0.1, 0.15) is 24.5 Å². The van der Waals surface area contributed by atoms with Crippen molar-refractivity contribution in [3.05, 3.63) is 16.1 Å². The molecule has 1 N–H and O–H groups in total. The number of rotatable bonds is 7. The van der Waals surface area contributed by atoms with Crippen LogP contribution < -0.4 is 5.32 Å².